The van der Waals surface area contributed by atoms with Crippen molar-refractivity contribution in [2.75, 3.05) is 13.7 Å². The predicted octanol–water partition coefficient (Wildman–Crippen LogP) is 1.94. The first-order chi connectivity index (χ1) is 8.17. The van der Waals surface area contributed by atoms with Gasteiger partial charge in [-0.3, -0.25) is 4.79 Å². The Balaban J connectivity index is 2.53. The number of hydrogen-bond donors (Lipinski definition) is 1. The summed E-state index contributed by atoms with van der Waals surface area (Å²) >= 11 is 0. The summed E-state index contributed by atoms with van der Waals surface area (Å²) in [7, 11) is 3.51. The van der Waals surface area contributed by atoms with Crippen molar-refractivity contribution in [3.63, 3.8) is 0 Å². The van der Waals surface area contributed by atoms with E-state index in [1.54, 1.807) is 7.05 Å². The molecule has 17 heavy (non-hydrogen) atoms. The Labute approximate surface area is 100 Å². The minimum atomic E-state index is -0.0818. The number of rotatable bonds is 3. The van der Waals surface area contributed by atoms with Gasteiger partial charge >= 0.3 is 0 Å². The number of benzene rings is 1. The molecule has 0 fully saturated rings. The fourth-order valence-electron chi connectivity index (χ4n) is 1.93. The summed E-state index contributed by atoms with van der Waals surface area (Å²) in [4.78, 5) is 11.7. The average Bonchev–Trinajstić information content (AvgIpc) is 2.66. The molecule has 0 unspecified atom stereocenters. The van der Waals surface area contributed by atoms with E-state index in [1.807, 2.05) is 42.8 Å². The summed E-state index contributed by atoms with van der Waals surface area (Å²) in [6.07, 6.45) is 0. The van der Waals surface area contributed by atoms with Gasteiger partial charge in [0.25, 0.3) is 5.91 Å². The minimum Gasteiger partial charge on any atom is -0.494 e. The van der Waals surface area contributed by atoms with Crippen LogP contribution in [-0.2, 0) is 7.05 Å². The standard InChI is InChI=1S/C13H16N2O2/c1-4-17-10-5-6-11-9(7-10)8-12(15(11)3)13(16)14-2/h5-8H,4H2,1-3H3,(H,14,16). The van der Waals surface area contributed by atoms with E-state index in [0.717, 1.165) is 16.7 Å². The number of ether oxygens (including phenoxy) is 1. The van der Waals surface area contributed by atoms with Crippen molar-refractivity contribution >= 4 is 16.8 Å². The number of aryl methyl sites for hydroxylation is 1. The molecular formula is C13H16N2O2. The molecule has 4 heteroatoms. The van der Waals surface area contributed by atoms with E-state index in [0.29, 0.717) is 12.3 Å². The molecule has 0 aliphatic carbocycles. The Morgan fingerprint density at radius 2 is 2.18 bits per heavy atom. The summed E-state index contributed by atoms with van der Waals surface area (Å²) in [5.41, 5.74) is 1.67. The summed E-state index contributed by atoms with van der Waals surface area (Å²) in [5.74, 6) is 0.746. The maximum atomic E-state index is 11.7. The normalized spacial score (nSPS) is 10.5. The molecule has 4 nitrogen and oxygen atoms in total. The highest BCUT2D eigenvalue weighted by molar-refractivity contribution is 5.98. The lowest BCUT2D eigenvalue weighted by Gasteiger charge is -2.04. The van der Waals surface area contributed by atoms with Crippen LogP contribution in [0.4, 0.5) is 0 Å². The van der Waals surface area contributed by atoms with Crippen LogP contribution in [0.25, 0.3) is 10.9 Å². The SMILES string of the molecule is CCOc1ccc2c(c1)cc(C(=O)NC)n2C. The Hall–Kier alpha value is -1.97. The first-order valence-corrected chi connectivity index (χ1v) is 5.61. The third-order valence-electron chi connectivity index (χ3n) is 2.78. The first-order valence-electron chi connectivity index (χ1n) is 5.61. The minimum absolute atomic E-state index is 0.0818. The molecule has 1 N–H and O–H groups in total. The predicted molar refractivity (Wildman–Crippen MR) is 67.5 cm³/mol. The van der Waals surface area contributed by atoms with Gasteiger partial charge in [-0.05, 0) is 31.2 Å². The molecule has 2 rings (SSSR count). The second-order valence-electron chi connectivity index (χ2n) is 3.82. The van der Waals surface area contributed by atoms with Gasteiger partial charge in [0, 0.05) is 25.0 Å². The van der Waals surface area contributed by atoms with Crippen LogP contribution in [0.3, 0.4) is 0 Å². The molecule has 1 heterocycles. The fraction of sp³-hybridized carbons (Fsp3) is 0.308. The smallest absolute Gasteiger partial charge is 0.267 e. The van der Waals surface area contributed by atoms with E-state index in [2.05, 4.69) is 5.32 Å². The molecule has 0 bridgehead atoms. The van der Waals surface area contributed by atoms with Gasteiger partial charge in [0.2, 0.25) is 0 Å². The monoisotopic (exact) mass is 232 g/mol. The number of carbonyl (C=O) groups is 1. The Morgan fingerprint density at radius 3 is 2.82 bits per heavy atom. The first kappa shape index (κ1) is 11.5. The van der Waals surface area contributed by atoms with Gasteiger partial charge < -0.3 is 14.6 Å². The molecule has 0 atom stereocenters. The number of hydrogen-bond acceptors (Lipinski definition) is 2. The third-order valence-corrected chi connectivity index (χ3v) is 2.78. The van der Waals surface area contributed by atoms with Crippen LogP contribution in [0.1, 0.15) is 17.4 Å². The van der Waals surface area contributed by atoms with Crippen molar-refractivity contribution in [2.45, 2.75) is 6.92 Å². The van der Waals surface area contributed by atoms with E-state index in [1.165, 1.54) is 0 Å². The molecule has 0 spiro atoms. The quantitative estimate of drug-likeness (QED) is 0.878. The Morgan fingerprint density at radius 1 is 1.41 bits per heavy atom. The van der Waals surface area contributed by atoms with Crippen molar-refractivity contribution in [1.29, 1.82) is 0 Å². The molecule has 90 valence electrons. The number of aromatic nitrogens is 1. The Kier molecular flexibility index (Phi) is 3.04. The highest BCUT2D eigenvalue weighted by atomic mass is 16.5. The van der Waals surface area contributed by atoms with Crippen molar-refractivity contribution in [2.24, 2.45) is 7.05 Å². The van der Waals surface area contributed by atoms with Crippen LogP contribution in [0, 0.1) is 0 Å². The number of carbonyl (C=O) groups excluding carboxylic acids is 1. The van der Waals surface area contributed by atoms with Gasteiger partial charge in [0.1, 0.15) is 11.4 Å². The van der Waals surface area contributed by atoms with Gasteiger partial charge in [-0.25, -0.2) is 0 Å². The van der Waals surface area contributed by atoms with Gasteiger partial charge in [0.15, 0.2) is 0 Å². The van der Waals surface area contributed by atoms with Crippen LogP contribution in [0.15, 0.2) is 24.3 Å². The lowest BCUT2D eigenvalue weighted by Crippen LogP contribution is -2.20. The van der Waals surface area contributed by atoms with Crippen molar-refractivity contribution < 1.29 is 9.53 Å². The maximum absolute atomic E-state index is 11.7. The third kappa shape index (κ3) is 1.98. The van der Waals surface area contributed by atoms with Crippen molar-refractivity contribution in [1.82, 2.24) is 9.88 Å². The fourth-order valence-corrected chi connectivity index (χ4v) is 1.93. The number of amides is 1. The maximum Gasteiger partial charge on any atom is 0.267 e. The molecule has 1 aromatic heterocycles. The molecule has 0 saturated carbocycles. The molecule has 0 aliphatic rings. The number of nitrogens with zero attached hydrogens (tertiary/aromatic N) is 1. The highest BCUT2D eigenvalue weighted by Crippen LogP contribution is 2.23. The van der Waals surface area contributed by atoms with E-state index in [9.17, 15) is 4.79 Å². The summed E-state index contributed by atoms with van der Waals surface area (Å²) in [6.45, 7) is 2.59. The van der Waals surface area contributed by atoms with Crippen LogP contribution >= 0.6 is 0 Å². The van der Waals surface area contributed by atoms with Gasteiger partial charge in [-0.2, -0.15) is 0 Å². The van der Waals surface area contributed by atoms with Crippen LogP contribution in [0.5, 0.6) is 5.75 Å². The molecule has 1 aromatic carbocycles. The molecule has 0 radical (unpaired) electrons. The van der Waals surface area contributed by atoms with E-state index >= 15 is 0 Å². The number of fused-ring (bicyclic) bond motifs is 1. The molecular weight excluding hydrogens is 216 g/mol. The van der Waals surface area contributed by atoms with E-state index < -0.39 is 0 Å². The number of nitrogens with one attached hydrogen (secondary N) is 1. The molecule has 2 aromatic rings. The zero-order valence-electron chi connectivity index (χ0n) is 10.3. The lowest BCUT2D eigenvalue weighted by molar-refractivity contribution is 0.0955. The van der Waals surface area contributed by atoms with Crippen molar-refractivity contribution in [3.05, 3.63) is 30.0 Å². The van der Waals surface area contributed by atoms with Crippen LogP contribution < -0.4 is 10.1 Å². The Bertz CT molecular complexity index is 558. The molecule has 0 aliphatic heterocycles. The zero-order chi connectivity index (χ0) is 12.4. The van der Waals surface area contributed by atoms with Crippen molar-refractivity contribution in [3.8, 4) is 5.75 Å². The largest absolute Gasteiger partial charge is 0.494 e. The topological polar surface area (TPSA) is 43.3 Å². The second-order valence-corrected chi connectivity index (χ2v) is 3.82. The zero-order valence-corrected chi connectivity index (χ0v) is 10.3. The van der Waals surface area contributed by atoms with Crippen LogP contribution in [-0.4, -0.2) is 24.1 Å². The summed E-state index contributed by atoms with van der Waals surface area (Å²) in [5, 5.41) is 3.64. The van der Waals surface area contributed by atoms with E-state index in [-0.39, 0.29) is 5.91 Å². The van der Waals surface area contributed by atoms with Gasteiger partial charge in [-0.1, -0.05) is 0 Å². The highest BCUT2D eigenvalue weighted by Gasteiger charge is 2.12. The van der Waals surface area contributed by atoms with Gasteiger partial charge in [-0.15, -0.1) is 0 Å². The lowest BCUT2D eigenvalue weighted by atomic mass is 10.2. The van der Waals surface area contributed by atoms with E-state index in [4.69, 9.17) is 4.74 Å². The molecule has 1 amide bonds. The second kappa shape index (κ2) is 4.49. The van der Waals surface area contributed by atoms with Crippen LogP contribution in [0.2, 0.25) is 0 Å². The summed E-state index contributed by atoms with van der Waals surface area (Å²) < 4.78 is 7.32. The summed E-state index contributed by atoms with van der Waals surface area (Å²) in [6, 6.07) is 7.70. The average molecular weight is 232 g/mol. The van der Waals surface area contributed by atoms with Gasteiger partial charge in [0.05, 0.1) is 6.61 Å². The molecule has 0 saturated heterocycles.